The monoisotopic (exact) mass is 255 g/mol. The van der Waals surface area contributed by atoms with E-state index in [1.165, 1.54) is 11.3 Å². The zero-order valence-electron chi connectivity index (χ0n) is 9.98. The van der Waals surface area contributed by atoms with Crippen LogP contribution in [0.5, 0.6) is 0 Å². The summed E-state index contributed by atoms with van der Waals surface area (Å²) in [5.74, 6) is 0. The van der Waals surface area contributed by atoms with Crippen molar-refractivity contribution in [2.45, 2.75) is 6.04 Å². The van der Waals surface area contributed by atoms with Crippen LogP contribution in [0.2, 0.25) is 0 Å². The number of thiol groups is 1. The average Bonchev–Trinajstić information content (AvgIpc) is 2.83. The lowest BCUT2D eigenvalue weighted by molar-refractivity contribution is -0.474. The number of nitrogens with zero attached hydrogens (tertiary/aromatic N) is 2. The SMILES string of the molecule is SN1C=[N+](c2ccccc2)C(c2ccccc2)C1. The Morgan fingerprint density at radius 3 is 2.22 bits per heavy atom. The molecule has 1 heterocycles. The van der Waals surface area contributed by atoms with Crippen LogP contribution in [0, 0.1) is 0 Å². The Morgan fingerprint density at radius 1 is 0.944 bits per heavy atom. The van der Waals surface area contributed by atoms with Crippen molar-refractivity contribution >= 4 is 24.8 Å². The maximum atomic E-state index is 4.45. The Morgan fingerprint density at radius 2 is 1.56 bits per heavy atom. The van der Waals surface area contributed by atoms with E-state index in [0.29, 0.717) is 6.04 Å². The smallest absolute Gasteiger partial charge is 0.222 e. The van der Waals surface area contributed by atoms with Crippen molar-refractivity contribution in [3.8, 4) is 0 Å². The minimum Gasteiger partial charge on any atom is -0.222 e. The molecular formula is C15H15N2S+. The number of hydrogen-bond acceptors (Lipinski definition) is 2. The Hall–Kier alpha value is -1.74. The van der Waals surface area contributed by atoms with Crippen LogP contribution < -0.4 is 0 Å². The van der Waals surface area contributed by atoms with Gasteiger partial charge in [-0.2, -0.15) is 0 Å². The fraction of sp³-hybridized carbons (Fsp3) is 0.133. The fourth-order valence-corrected chi connectivity index (χ4v) is 2.59. The summed E-state index contributed by atoms with van der Waals surface area (Å²) in [4.78, 5) is 0. The van der Waals surface area contributed by atoms with Crippen molar-refractivity contribution in [3.05, 3.63) is 66.2 Å². The predicted molar refractivity (Wildman–Crippen MR) is 77.3 cm³/mol. The summed E-state index contributed by atoms with van der Waals surface area (Å²) < 4.78 is 4.20. The molecule has 0 saturated heterocycles. The van der Waals surface area contributed by atoms with Gasteiger partial charge in [0.2, 0.25) is 0 Å². The Bertz CT molecular complexity index is 551. The summed E-state index contributed by atoms with van der Waals surface area (Å²) in [5.41, 5.74) is 2.51. The van der Waals surface area contributed by atoms with Gasteiger partial charge in [0, 0.05) is 18.4 Å². The number of benzene rings is 2. The molecule has 1 atom stereocenters. The summed E-state index contributed by atoms with van der Waals surface area (Å²) >= 11 is 4.45. The third kappa shape index (κ3) is 2.14. The lowest BCUT2D eigenvalue weighted by Gasteiger charge is -2.12. The first kappa shape index (κ1) is 11.4. The summed E-state index contributed by atoms with van der Waals surface area (Å²) in [6.45, 7) is 0.891. The van der Waals surface area contributed by atoms with Gasteiger partial charge in [-0.05, 0) is 12.1 Å². The molecule has 0 spiro atoms. The summed E-state index contributed by atoms with van der Waals surface area (Å²) in [5, 5.41) is 0. The van der Waals surface area contributed by atoms with E-state index in [9.17, 15) is 0 Å². The zero-order valence-corrected chi connectivity index (χ0v) is 10.9. The molecule has 3 heteroatoms. The highest BCUT2D eigenvalue weighted by atomic mass is 32.1. The van der Waals surface area contributed by atoms with Crippen LogP contribution in [-0.4, -0.2) is 21.8 Å². The molecule has 1 aliphatic rings. The molecule has 0 saturated carbocycles. The molecule has 1 unspecified atom stereocenters. The molecule has 2 aromatic carbocycles. The molecule has 3 rings (SSSR count). The molecule has 0 radical (unpaired) electrons. The standard InChI is InChI=1S/C15H15N2S/c18-16-11-15(13-7-3-1-4-8-13)17(12-16)14-9-5-2-6-10-14/h1-10,12,15,18H,11H2/q+1. The molecule has 2 aromatic rings. The Labute approximate surface area is 113 Å². The quantitative estimate of drug-likeness (QED) is 0.638. The van der Waals surface area contributed by atoms with E-state index < -0.39 is 0 Å². The molecule has 0 aromatic heterocycles. The predicted octanol–water partition coefficient (Wildman–Crippen LogP) is 3.26. The average molecular weight is 255 g/mol. The lowest BCUT2D eigenvalue weighted by atomic mass is 10.1. The van der Waals surface area contributed by atoms with Crippen LogP contribution in [0.3, 0.4) is 0 Å². The highest BCUT2D eigenvalue weighted by molar-refractivity contribution is 7.78. The first-order valence-electron chi connectivity index (χ1n) is 6.03. The molecule has 0 fully saturated rings. The van der Waals surface area contributed by atoms with Crippen LogP contribution in [0.4, 0.5) is 5.69 Å². The third-order valence-corrected chi connectivity index (χ3v) is 3.46. The van der Waals surface area contributed by atoms with Crippen molar-refractivity contribution in [2.75, 3.05) is 6.54 Å². The second kappa shape index (κ2) is 4.86. The molecule has 0 N–H and O–H groups in total. The van der Waals surface area contributed by atoms with Crippen molar-refractivity contribution < 1.29 is 4.58 Å². The summed E-state index contributed by atoms with van der Waals surface area (Å²) in [6, 6.07) is 21.3. The maximum absolute atomic E-state index is 4.45. The van der Waals surface area contributed by atoms with Crippen molar-refractivity contribution in [1.82, 2.24) is 4.31 Å². The normalized spacial score (nSPS) is 18.8. The lowest BCUT2D eigenvalue weighted by Crippen LogP contribution is -2.13. The minimum atomic E-state index is 0.325. The number of hydrogen-bond donors (Lipinski definition) is 1. The van der Waals surface area contributed by atoms with E-state index in [1.54, 1.807) is 0 Å². The first-order chi connectivity index (χ1) is 8.84. The van der Waals surface area contributed by atoms with E-state index in [4.69, 9.17) is 0 Å². The van der Waals surface area contributed by atoms with E-state index in [0.717, 1.165) is 6.54 Å². The number of para-hydroxylation sites is 1. The zero-order chi connectivity index (χ0) is 12.4. The van der Waals surface area contributed by atoms with Crippen molar-refractivity contribution in [2.24, 2.45) is 0 Å². The number of rotatable bonds is 2. The van der Waals surface area contributed by atoms with E-state index in [1.807, 2.05) is 16.4 Å². The van der Waals surface area contributed by atoms with Gasteiger partial charge in [0.15, 0.2) is 6.04 Å². The van der Waals surface area contributed by atoms with E-state index in [2.05, 4.69) is 72.3 Å². The topological polar surface area (TPSA) is 6.25 Å². The summed E-state index contributed by atoms with van der Waals surface area (Å²) in [7, 11) is 0. The molecule has 1 aliphatic heterocycles. The highest BCUT2D eigenvalue weighted by Crippen LogP contribution is 2.29. The van der Waals surface area contributed by atoms with Gasteiger partial charge in [-0.25, -0.2) is 8.88 Å². The second-order valence-electron chi connectivity index (χ2n) is 4.41. The first-order valence-corrected chi connectivity index (χ1v) is 6.43. The van der Waals surface area contributed by atoms with Crippen molar-refractivity contribution in [3.63, 3.8) is 0 Å². The van der Waals surface area contributed by atoms with Gasteiger partial charge in [-0.3, -0.25) is 0 Å². The van der Waals surface area contributed by atoms with Gasteiger partial charge in [0.05, 0.1) is 0 Å². The van der Waals surface area contributed by atoms with Gasteiger partial charge in [-0.1, -0.05) is 48.5 Å². The van der Waals surface area contributed by atoms with Gasteiger partial charge in [0.1, 0.15) is 12.2 Å². The molecule has 90 valence electrons. The van der Waals surface area contributed by atoms with Crippen LogP contribution in [-0.2, 0) is 0 Å². The highest BCUT2D eigenvalue weighted by Gasteiger charge is 2.31. The van der Waals surface area contributed by atoms with E-state index >= 15 is 0 Å². The van der Waals surface area contributed by atoms with Crippen molar-refractivity contribution in [1.29, 1.82) is 0 Å². The summed E-state index contributed by atoms with van der Waals surface area (Å²) in [6.07, 6.45) is 2.05. The molecular weight excluding hydrogens is 240 g/mol. The van der Waals surface area contributed by atoms with Gasteiger partial charge in [0.25, 0.3) is 6.34 Å². The second-order valence-corrected chi connectivity index (χ2v) is 4.92. The molecule has 0 amide bonds. The van der Waals surface area contributed by atoms with Gasteiger partial charge in [-0.15, -0.1) is 0 Å². The van der Waals surface area contributed by atoms with Gasteiger partial charge < -0.3 is 0 Å². The largest absolute Gasteiger partial charge is 0.251 e. The molecule has 2 nitrogen and oxygen atoms in total. The Kier molecular flexibility index (Phi) is 3.07. The van der Waals surface area contributed by atoms with Crippen LogP contribution in [0.25, 0.3) is 0 Å². The van der Waals surface area contributed by atoms with Crippen LogP contribution in [0.1, 0.15) is 11.6 Å². The minimum absolute atomic E-state index is 0.325. The fourth-order valence-electron chi connectivity index (χ4n) is 2.32. The Balaban J connectivity index is 1.99. The maximum Gasteiger partial charge on any atom is 0.251 e. The molecule has 0 bridgehead atoms. The third-order valence-electron chi connectivity index (χ3n) is 3.19. The molecule has 0 aliphatic carbocycles. The molecule has 18 heavy (non-hydrogen) atoms. The van der Waals surface area contributed by atoms with Crippen LogP contribution in [0.15, 0.2) is 60.7 Å². The van der Waals surface area contributed by atoms with Gasteiger partial charge >= 0.3 is 0 Å². The van der Waals surface area contributed by atoms with E-state index in [-0.39, 0.29) is 0 Å². The van der Waals surface area contributed by atoms with Crippen LogP contribution >= 0.6 is 12.8 Å².